The van der Waals surface area contributed by atoms with Gasteiger partial charge < -0.3 is 29.0 Å². The third-order valence-electron chi connectivity index (χ3n) is 10.7. The minimum Gasteiger partial charge on any atom is -0.496 e. The second kappa shape index (κ2) is 18.0. The van der Waals surface area contributed by atoms with E-state index in [4.69, 9.17) is 14.2 Å². The first-order chi connectivity index (χ1) is 27.0. The van der Waals surface area contributed by atoms with Crippen LogP contribution in [-0.4, -0.2) is 103 Å². The molecule has 14 heteroatoms. The first kappa shape index (κ1) is 40.2. The number of hydrogen-bond acceptors (Lipinski definition) is 11. The summed E-state index contributed by atoms with van der Waals surface area (Å²) in [5.74, 6) is 1.74. The number of nitrogens with one attached hydrogen (secondary N) is 1. The number of fused-ring (bicyclic) bond motifs is 1. The van der Waals surface area contributed by atoms with Crippen molar-refractivity contribution in [3.8, 4) is 34.4 Å². The van der Waals surface area contributed by atoms with Gasteiger partial charge in [0.2, 0.25) is 5.91 Å². The van der Waals surface area contributed by atoms with Gasteiger partial charge in [0.1, 0.15) is 40.5 Å². The summed E-state index contributed by atoms with van der Waals surface area (Å²) >= 11 is 1.38. The first-order valence-electron chi connectivity index (χ1n) is 18.7. The van der Waals surface area contributed by atoms with E-state index in [9.17, 15) is 19.6 Å². The molecular formula is C42H49N7O6S. The van der Waals surface area contributed by atoms with E-state index in [2.05, 4.69) is 20.1 Å². The molecule has 2 aromatic carbocycles. The molecule has 1 unspecified atom stereocenters. The van der Waals surface area contributed by atoms with Crippen LogP contribution in [0.1, 0.15) is 45.8 Å². The molecule has 294 valence electrons. The number of thiazole rings is 1. The number of ether oxygens (including phenoxy) is 3. The largest absolute Gasteiger partial charge is 0.496 e. The normalized spacial score (nSPS) is 16.2. The van der Waals surface area contributed by atoms with Crippen molar-refractivity contribution in [3.05, 3.63) is 96.9 Å². The highest BCUT2D eigenvalue weighted by molar-refractivity contribution is 7.10. The van der Waals surface area contributed by atoms with Crippen molar-refractivity contribution in [1.29, 1.82) is 5.26 Å². The van der Waals surface area contributed by atoms with Gasteiger partial charge in [-0.3, -0.25) is 24.2 Å². The summed E-state index contributed by atoms with van der Waals surface area (Å²) in [6.45, 7) is 10.9. The number of nitriles is 1. The summed E-state index contributed by atoms with van der Waals surface area (Å²) in [7, 11) is 5.08. The molecule has 4 aromatic rings. The molecule has 1 saturated heterocycles. The van der Waals surface area contributed by atoms with E-state index in [-0.39, 0.29) is 29.0 Å². The molecule has 1 fully saturated rings. The number of hydrogen-bond donors (Lipinski definition) is 1. The second-order valence-electron chi connectivity index (χ2n) is 14.1. The van der Waals surface area contributed by atoms with E-state index in [1.165, 1.54) is 11.3 Å². The van der Waals surface area contributed by atoms with Crippen molar-refractivity contribution >= 4 is 29.2 Å². The Morgan fingerprint density at radius 3 is 2.41 bits per heavy atom. The lowest BCUT2D eigenvalue weighted by Crippen LogP contribution is -2.49. The molecule has 1 atom stereocenters. The lowest BCUT2D eigenvalue weighted by atomic mass is 9.92. The van der Waals surface area contributed by atoms with Crippen LogP contribution in [0.4, 0.5) is 0 Å². The van der Waals surface area contributed by atoms with Crippen LogP contribution in [-0.2, 0) is 29.6 Å². The number of piperazine rings is 1. The van der Waals surface area contributed by atoms with Gasteiger partial charge in [-0.1, -0.05) is 6.07 Å². The maximum absolute atomic E-state index is 13.3. The van der Waals surface area contributed by atoms with Crippen molar-refractivity contribution < 1.29 is 23.8 Å². The van der Waals surface area contributed by atoms with Gasteiger partial charge in [-0.2, -0.15) is 5.26 Å². The maximum Gasteiger partial charge on any atom is 0.265 e. The Bertz CT molecular complexity index is 2180. The number of carbonyl (C=O) groups is 2. The lowest BCUT2D eigenvalue weighted by molar-refractivity contribution is -0.129. The molecule has 4 heterocycles. The topological polar surface area (TPSA) is 142 Å². The fraction of sp³-hybridized carbons (Fsp3) is 0.405. The Balaban J connectivity index is 0.968. The zero-order chi connectivity index (χ0) is 39.9. The summed E-state index contributed by atoms with van der Waals surface area (Å²) in [6, 6.07) is 11.7. The van der Waals surface area contributed by atoms with E-state index in [1.807, 2.05) is 63.4 Å². The van der Waals surface area contributed by atoms with Crippen LogP contribution in [0.15, 0.2) is 58.5 Å². The fourth-order valence-electron chi connectivity index (χ4n) is 7.39. The van der Waals surface area contributed by atoms with E-state index in [1.54, 1.807) is 48.4 Å². The highest BCUT2D eigenvalue weighted by Gasteiger charge is 2.30. The van der Waals surface area contributed by atoms with Crippen LogP contribution >= 0.6 is 11.3 Å². The molecule has 0 saturated carbocycles. The van der Waals surface area contributed by atoms with Gasteiger partial charge in [0.05, 0.1) is 38.9 Å². The average Bonchev–Trinajstić information content (AvgIpc) is 3.73. The number of benzene rings is 2. The van der Waals surface area contributed by atoms with Crippen molar-refractivity contribution in [3.63, 3.8) is 0 Å². The van der Waals surface area contributed by atoms with Gasteiger partial charge in [0, 0.05) is 75.2 Å². The molecule has 2 aliphatic heterocycles. The van der Waals surface area contributed by atoms with Crippen molar-refractivity contribution in [2.75, 3.05) is 66.6 Å². The molecule has 2 aliphatic rings. The number of aryl methyl sites for hydroxylation is 1. The van der Waals surface area contributed by atoms with Gasteiger partial charge in [0.15, 0.2) is 0 Å². The Morgan fingerprint density at radius 1 is 1.04 bits per heavy atom. The molecule has 13 nitrogen and oxygen atoms in total. The number of nitrogens with zero attached hydrogens (tertiary/aromatic N) is 6. The molecular weight excluding hydrogens is 731 g/mol. The van der Waals surface area contributed by atoms with Crippen LogP contribution in [0.3, 0.4) is 0 Å². The molecule has 56 heavy (non-hydrogen) atoms. The van der Waals surface area contributed by atoms with Gasteiger partial charge in [-0.25, -0.2) is 4.98 Å². The van der Waals surface area contributed by atoms with E-state index < -0.39 is 0 Å². The third kappa shape index (κ3) is 8.97. The standard InChI is InChI=1S/C42H49N7O6S/c1-27-28(2)41(51)46(4)24-35(27)31-19-37(53-5)36(38(20-31)54-6)25-47-13-15-48(16-14-47)26-39(50)44-10-17-55-33-8-7-30-9-12-49(29(3)34(30)22-33)42(52)32(23-43)21-40-45-11-18-56-40/h7-8,11,18-22,24,29H,9-10,12-17,25-26H2,1-6H3,(H,44,50)/b32-21+. The maximum atomic E-state index is 13.3. The summed E-state index contributed by atoms with van der Waals surface area (Å²) in [5.41, 5.74) is 6.65. The molecule has 0 radical (unpaired) electrons. The van der Waals surface area contributed by atoms with Crippen LogP contribution in [0.25, 0.3) is 17.2 Å². The minimum atomic E-state index is -0.313. The SMILES string of the molecule is COc1cc(-c2cn(C)c(=O)c(C)c2C)cc(OC)c1CN1CCN(CC(=O)NCCOc2ccc3c(c2)C(C)N(C(=O)/C(C#N)=C/c2nccs2)CC3)CC1. The Labute approximate surface area is 331 Å². The number of methoxy groups -OCH3 is 2. The number of aromatic nitrogens is 2. The third-order valence-corrected chi connectivity index (χ3v) is 11.5. The van der Waals surface area contributed by atoms with Gasteiger partial charge in [-0.05, 0) is 79.8 Å². The van der Waals surface area contributed by atoms with Gasteiger partial charge in [0.25, 0.3) is 11.5 Å². The number of rotatable bonds is 13. The predicted octanol–water partition coefficient (Wildman–Crippen LogP) is 4.51. The zero-order valence-electron chi connectivity index (χ0n) is 32.9. The van der Waals surface area contributed by atoms with Crippen LogP contribution in [0.5, 0.6) is 17.2 Å². The van der Waals surface area contributed by atoms with Crippen molar-refractivity contribution in [2.24, 2.45) is 7.05 Å². The lowest BCUT2D eigenvalue weighted by Gasteiger charge is -2.35. The Kier molecular flexibility index (Phi) is 12.9. The van der Waals surface area contributed by atoms with Crippen LogP contribution < -0.4 is 25.1 Å². The van der Waals surface area contributed by atoms with Crippen LogP contribution in [0.2, 0.25) is 0 Å². The number of amides is 2. The molecule has 6 rings (SSSR count). The molecule has 2 amide bonds. The monoisotopic (exact) mass is 779 g/mol. The number of pyridine rings is 1. The first-order valence-corrected chi connectivity index (χ1v) is 19.6. The van der Waals surface area contributed by atoms with Crippen molar-refractivity contribution in [2.45, 2.75) is 39.8 Å². The highest BCUT2D eigenvalue weighted by Crippen LogP contribution is 2.37. The predicted molar refractivity (Wildman–Crippen MR) is 216 cm³/mol. The quantitative estimate of drug-likeness (QED) is 0.117. The van der Waals surface area contributed by atoms with E-state index in [0.29, 0.717) is 55.5 Å². The van der Waals surface area contributed by atoms with Gasteiger partial charge in [-0.15, -0.1) is 11.3 Å². The molecule has 0 aliphatic carbocycles. The molecule has 1 N–H and O–H groups in total. The zero-order valence-corrected chi connectivity index (χ0v) is 33.7. The van der Waals surface area contributed by atoms with Crippen LogP contribution in [0, 0.1) is 25.2 Å². The Morgan fingerprint density at radius 2 is 1.75 bits per heavy atom. The van der Waals surface area contributed by atoms with E-state index >= 15 is 0 Å². The van der Waals surface area contributed by atoms with Gasteiger partial charge >= 0.3 is 0 Å². The summed E-state index contributed by atoms with van der Waals surface area (Å²) in [5, 5.41) is 15.1. The minimum absolute atomic E-state index is 0.0111. The van der Waals surface area contributed by atoms with Crippen molar-refractivity contribution in [1.82, 2.24) is 29.6 Å². The second-order valence-corrected chi connectivity index (χ2v) is 15.1. The summed E-state index contributed by atoms with van der Waals surface area (Å²) in [6.07, 6.45) is 5.72. The number of carbonyl (C=O) groups excluding carboxylic acids is 2. The van der Waals surface area contributed by atoms with E-state index in [0.717, 1.165) is 71.1 Å². The fourth-order valence-corrected chi connectivity index (χ4v) is 7.96. The molecule has 0 spiro atoms. The summed E-state index contributed by atoms with van der Waals surface area (Å²) < 4.78 is 19.3. The Hall–Kier alpha value is -5.49. The summed E-state index contributed by atoms with van der Waals surface area (Å²) in [4.78, 5) is 49.0. The smallest absolute Gasteiger partial charge is 0.265 e. The molecule has 0 bridgehead atoms. The highest BCUT2D eigenvalue weighted by atomic mass is 32.1. The average molecular weight is 780 g/mol. The molecule has 2 aromatic heterocycles.